The number of Topliss-reactive ketones (excluding diaryl/α,β-unsaturated/α-hetero) is 2. The number of nitro groups is 2. The third-order valence-electron chi connectivity index (χ3n) is 8.72. The Morgan fingerprint density at radius 3 is 1.60 bits per heavy atom. The summed E-state index contributed by atoms with van der Waals surface area (Å²) in [5, 5.41) is 25.4. The van der Waals surface area contributed by atoms with Gasteiger partial charge in [-0.15, -0.1) is 0 Å². The van der Waals surface area contributed by atoms with Gasteiger partial charge in [0.05, 0.1) is 53.0 Å². The zero-order valence-electron chi connectivity index (χ0n) is 33.7. The van der Waals surface area contributed by atoms with Crippen LogP contribution in [0.25, 0.3) is 21.8 Å². The van der Waals surface area contributed by atoms with Gasteiger partial charge in [0.1, 0.15) is 27.2 Å². The van der Waals surface area contributed by atoms with Crippen molar-refractivity contribution in [3.63, 3.8) is 0 Å². The Balaban J connectivity index is 0.000000235. The normalized spacial score (nSPS) is 11.4. The second-order valence-corrected chi connectivity index (χ2v) is 20.1. The molecule has 22 heteroatoms. The van der Waals surface area contributed by atoms with E-state index in [0.717, 1.165) is 31.2 Å². The van der Waals surface area contributed by atoms with Crippen molar-refractivity contribution in [1.29, 1.82) is 0 Å². The molecule has 0 aliphatic carbocycles. The number of ketones is 2. The van der Waals surface area contributed by atoms with E-state index < -0.39 is 54.4 Å². The molecule has 0 spiro atoms. The van der Waals surface area contributed by atoms with Gasteiger partial charge in [0.25, 0.3) is 11.4 Å². The lowest BCUT2D eigenvalue weighted by molar-refractivity contribution is -0.383. The smallest absolute Gasteiger partial charge is 0.282 e. The molecule has 332 valence electrons. The average molecular weight is 1180 g/mol. The van der Waals surface area contributed by atoms with Crippen LogP contribution in [0.2, 0.25) is 10.0 Å². The molecule has 2 aromatic heterocycles. The molecule has 0 aliphatic rings. The molecule has 4 aromatic carbocycles. The fraction of sp³-hybridized carbons (Fsp3) is 0.220. The number of non-ortho nitro benzene ring substituents is 2. The molecule has 0 saturated heterocycles. The molecule has 6 aromatic rings. The van der Waals surface area contributed by atoms with Crippen LogP contribution in [0.15, 0.2) is 93.2 Å². The summed E-state index contributed by atoms with van der Waals surface area (Å²) < 4.78 is 15.5. The molecular formula is C41H36Br4Cl2N6O9S. The van der Waals surface area contributed by atoms with Crippen molar-refractivity contribution in [2.45, 2.75) is 45.6 Å². The summed E-state index contributed by atoms with van der Waals surface area (Å²) in [6.07, 6.45) is 1.49. The molecule has 0 bridgehead atoms. The van der Waals surface area contributed by atoms with Gasteiger partial charge in [0.15, 0.2) is 11.6 Å². The molecule has 0 amide bonds. The fourth-order valence-corrected chi connectivity index (χ4v) is 9.31. The van der Waals surface area contributed by atoms with Gasteiger partial charge in [0, 0.05) is 54.8 Å². The van der Waals surface area contributed by atoms with E-state index in [9.17, 15) is 43.6 Å². The van der Waals surface area contributed by atoms with E-state index in [1.54, 1.807) is 32.0 Å². The number of halogens is 6. The number of nitrogen functional groups attached to an aromatic ring is 1. The lowest BCUT2D eigenvalue weighted by Gasteiger charge is -2.15. The number of nitrogens with two attached hydrogens (primary N) is 1. The number of aromatic amines is 2. The van der Waals surface area contributed by atoms with E-state index >= 15 is 0 Å². The van der Waals surface area contributed by atoms with Gasteiger partial charge in [-0.3, -0.25) is 43.6 Å². The van der Waals surface area contributed by atoms with Gasteiger partial charge >= 0.3 is 0 Å². The zero-order chi connectivity index (χ0) is 47.2. The standard InChI is InChI=1S/C20H16Br2ClN3O4.C15H15ClN2O5S.C6H5Br2N/c1-9(2)7-15(27)17-19(28)16-14(26(29)30)6-4-12(23)18(16)25-20(17)24-13-5-3-10(21)8-11(13)22;1-7(2)6-10(19)12-14(20)11-9(18(21)22)5-4-8(16)13(11)17-15(12)24(3)23;7-4-1-2-6(9)5(8)3-4/h3-6,8-9H,7H2,1-2H3,(H2,24,25,28);4-5,7H,6H2,1-3H3,(H,17,20);1-3H,9H2. The Hall–Kier alpha value is -4.31. The van der Waals surface area contributed by atoms with Gasteiger partial charge in [-0.2, -0.15) is 0 Å². The molecule has 0 aliphatic heterocycles. The van der Waals surface area contributed by atoms with Crippen molar-refractivity contribution >= 4 is 160 Å². The van der Waals surface area contributed by atoms with Crippen LogP contribution in [0.5, 0.6) is 0 Å². The van der Waals surface area contributed by atoms with Crippen LogP contribution in [-0.2, 0) is 10.8 Å². The first-order valence-electron chi connectivity index (χ1n) is 18.3. The Labute approximate surface area is 405 Å². The molecule has 0 fully saturated rings. The number of fused-ring (bicyclic) bond motifs is 2. The summed E-state index contributed by atoms with van der Waals surface area (Å²) in [7, 11) is -1.67. The van der Waals surface area contributed by atoms with Gasteiger partial charge in [-0.25, -0.2) is 0 Å². The lowest BCUT2D eigenvalue weighted by Crippen LogP contribution is -2.22. The Kier molecular flexibility index (Phi) is 18.0. The van der Waals surface area contributed by atoms with Gasteiger partial charge in [0.2, 0.25) is 10.9 Å². The van der Waals surface area contributed by atoms with Crippen LogP contribution in [0, 0.1) is 32.1 Å². The molecule has 6 rings (SSSR count). The minimum Gasteiger partial charge on any atom is -0.398 e. The van der Waals surface area contributed by atoms with Gasteiger partial charge in [-0.1, -0.05) is 82.8 Å². The maximum atomic E-state index is 13.3. The number of benzene rings is 4. The zero-order valence-corrected chi connectivity index (χ0v) is 42.3. The summed E-state index contributed by atoms with van der Waals surface area (Å²) >= 11 is 25.7. The number of carbonyl (C=O) groups is 2. The largest absolute Gasteiger partial charge is 0.398 e. The van der Waals surface area contributed by atoms with Crippen molar-refractivity contribution < 1.29 is 23.6 Å². The average Bonchev–Trinajstić information content (AvgIpc) is 3.17. The number of anilines is 3. The second kappa shape index (κ2) is 22.1. The molecule has 1 unspecified atom stereocenters. The third-order valence-corrected chi connectivity index (χ3v) is 12.6. The fourth-order valence-electron chi connectivity index (χ4n) is 5.97. The Morgan fingerprint density at radius 1 is 0.730 bits per heavy atom. The third kappa shape index (κ3) is 12.5. The number of nitrogens with zero attached hydrogens (tertiary/aromatic N) is 2. The number of pyridine rings is 2. The second-order valence-electron chi connectivity index (χ2n) is 14.4. The molecule has 5 N–H and O–H groups in total. The molecule has 15 nitrogen and oxygen atoms in total. The van der Waals surface area contributed by atoms with Crippen molar-refractivity contribution in [3.8, 4) is 0 Å². The van der Waals surface area contributed by atoms with E-state index in [2.05, 4.69) is 79.0 Å². The topological polar surface area (TPSA) is 241 Å². The highest BCUT2D eigenvalue weighted by Crippen LogP contribution is 2.34. The van der Waals surface area contributed by atoms with Crippen molar-refractivity contribution in [2.24, 2.45) is 11.8 Å². The predicted octanol–water partition coefficient (Wildman–Crippen LogP) is 12.4. The first kappa shape index (κ1) is 51.3. The summed E-state index contributed by atoms with van der Waals surface area (Å²) in [5.74, 6) is -0.830. The minimum atomic E-state index is -1.67. The number of rotatable bonds is 11. The summed E-state index contributed by atoms with van der Waals surface area (Å²) in [5.41, 5.74) is 4.06. The SMILES string of the molecule is CC(C)CC(=O)c1c(Nc2ccc(Br)cc2Br)[nH]c2c(Cl)ccc([N+](=O)[O-])c2c1=O.CC(C)CC(=O)c1c(S(C)=O)[nH]c2c(Cl)ccc([N+](=O)[O-])c2c1=O.Nc1ccc(Br)cc1Br. The van der Waals surface area contributed by atoms with Crippen LogP contribution in [0.3, 0.4) is 0 Å². The highest BCUT2D eigenvalue weighted by atomic mass is 79.9. The van der Waals surface area contributed by atoms with Gasteiger partial charge < -0.3 is 21.0 Å². The number of nitrogens with one attached hydrogen (secondary N) is 3. The minimum absolute atomic E-state index is 0.00200. The van der Waals surface area contributed by atoms with Crippen molar-refractivity contribution in [1.82, 2.24) is 9.97 Å². The summed E-state index contributed by atoms with van der Waals surface area (Å²) in [4.78, 5) is 78.5. The van der Waals surface area contributed by atoms with Crippen LogP contribution in [0.1, 0.15) is 61.3 Å². The number of nitro benzene ring substituents is 2. The molecular weight excluding hydrogens is 1140 g/mol. The van der Waals surface area contributed by atoms with Gasteiger partial charge in [-0.05, 0) is 92.2 Å². The molecule has 2 heterocycles. The predicted molar refractivity (Wildman–Crippen MR) is 264 cm³/mol. The van der Waals surface area contributed by atoms with Crippen molar-refractivity contribution in [2.75, 3.05) is 17.3 Å². The van der Waals surface area contributed by atoms with Crippen LogP contribution in [-0.4, -0.2) is 41.8 Å². The highest BCUT2D eigenvalue weighted by molar-refractivity contribution is 9.11. The van der Waals surface area contributed by atoms with Crippen LogP contribution < -0.4 is 21.9 Å². The summed E-state index contributed by atoms with van der Waals surface area (Å²) in [6, 6.07) is 15.9. The number of H-pyrrole nitrogens is 2. The number of hydrogen-bond donors (Lipinski definition) is 4. The molecule has 0 saturated carbocycles. The number of aromatic nitrogens is 2. The lowest BCUT2D eigenvalue weighted by atomic mass is 9.99. The summed E-state index contributed by atoms with van der Waals surface area (Å²) in [6.45, 7) is 7.31. The quantitative estimate of drug-likeness (QED) is 0.0411. The molecule has 1 atom stereocenters. The number of hydrogen-bond acceptors (Lipinski definition) is 11. The van der Waals surface area contributed by atoms with E-state index in [1.807, 2.05) is 32.0 Å². The Bertz CT molecular complexity index is 2960. The Morgan fingerprint density at radius 2 is 1.17 bits per heavy atom. The van der Waals surface area contributed by atoms with Crippen LogP contribution in [0.4, 0.5) is 28.6 Å². The van der Waals surface area contributed by atoms with E-state index in [-0.39, 0.29) is 78.5 Å². The first-order valence-corrected chi connectivity index (χ1v) is 23.8. The van der Waals surface area contributed by atoms with Crippen LogP contribution >= 0.6 is 86.9 Å². The molecule has 0 radical (unpaired) electrons. The number of carbonyl (C=O) groups excluding carboxylic acids is 2. The molecule has 63 heavy (non-hydrogen) atoms. The van der Waals surface area contributed by atoms with Crippen molar-refractivity contribution in [3.05, 3.63) is 140 Å². The maximum Gasteiger partial charge on any atom is 0.282 e. The highest BCUT2D eigenvalue weighted by Gasteiger charge is 2.28. The van der Waals surface area contributed by atoms with E-state index in [4.69, 9.17) is 28.9 Å². The van der Waals surface area contributed by atoms with E-state index in [1.165, 1.54) is 18.4 Å². The maximum absolute atomic E-state index is 13.3. The monoisotopic (exact) mass is 1170 g/mol. The van der Waals surface area contributed by atoms with E-state index in [0.29, 0.717) is 10.2 Å². The first-order chi connectivity index (χ1) is 29.4.